The number of hydrogen-bond acceptors (Lipinski definition) is 3. The Labute approximate surface area is 155 Å². The number of halogens is 2. The summed E-state index contributed by atoms with van der Waals surface area (Å²) in [6.45, 7) is 5.97. The number of benzene rings is 1. The zero-order valence-corrected chi connectivity index (χ0v) is 16.1. The van der Waals surface area contributed by atoms with Gasteiger partial charge in [0.25, 0.3) is 5.91 Å². The third-order valence-electron chi connectivity index (χ3n) is 4.44. The first-order chi connectivity index (χ1) is 11.5. The smallest absolute Gasteiger partial charge is 0.275 e. The minimum Gasteiger partial charge on any atom is -0.335 e. The fourth-order valence-electron chi connectivity index (χ4n) is 2.83. The number of aryl methyl sites for hydroxylation is 1. The lowest BCUT2D eigenvalue weighted by Crippen LogP contribution is -2.48. The molecule has 0 aliphatic carbocycles. The first kappa shape index (κ1) is 17.5. The molecule has 1 aromatic carbocycles. The Balaban J connectivity index is 1.59. The van der Waals surface area contributed by atoms with Crippen molar-refractivity contribution >= 4 is 33.4 Å². The SMILES string of the molecule is Cc1c(Br)c(C(=O)N2CCN(Cc3ccc(Cl)cc3)CC2)nn1C. The van der Waals surface area contributed by atoms with E-state index < -0.39 is 0 Å². The molecular weight excluding hydrogens is 392 g/mol. The van der Waals surface area contributed by atoms with Crippen molar-refractivity contribution in [3.05, 3.63) is 50.7 Å². The first-order valence-electron chi connectivity index (χ1n) is 7.91. The van der Waals surface area contributed by atoms with Crippen LogP contribution in [0.25, 0.3) is 0 Å². The van der Waals surface area contributed by atoms with Crippen molar-refractivity contribution in [1.29, 1.82) is 0 Å². The second kappa shape index (κ2) is 7.25. The Morgan fingerprint density at radius 3 is 2.38 bits per heavy atom. The van der Waals surface area contributed by atoms with Crippen LogP contribution in [0.4, 0.5) is 0 Å². The highest BCUT2D eigenvalue weighted by atomic mass is 79.9. The van der Waals surface area contributed by atoms with Crippen molar-refractivity contribution in [2.45, 2.75) is 13.5 Å². The lowest BCUT2D eigenvalue weighted by molar-refractivity contribution is 0.0621. The maximum atomic E-state index is 12.7. The van der Waals surface area contributed by atoms with Gasteiger partial charge in [-0.15, -0.1) is 0 Å². The highest BCUT2D eigenvalue weighted by molar-refractivity contribution is 9.10. The molecule has 7 heteroatoms. The van der Waals surface area contributed by atoms with E-state index in [1.165, 1.54) is 5.56 Å². The van der Waals surface area contributed by atoms with Gasteiger partial charge in [0.15, 0.2) is 5.69 Å². The average Bonchev–Trinajstić information content (AvgIpc) is 2.84. The van der Waals surface area contributed by atoms with Crippen LogP contribution in [0.2, 0.25) is 5.02 Å². The Morgan fingerprint density at radius 2 is 1.83 bits per heavy atom. The monoisotopic (exact) mass is 410 g/mol. The van der Waals surface area contributed by atoms with Gasteiger partial charge >= 0.3 is 0 Å². The molecule has 0 bridgehead atoms. The van der Waals surface area contributed by atoms with Crippen molar-refractivity contribution in [2.24, 2.45) is 7.05 Å². The number of hydrogen-bond donors (Lipinski definition) is 0. The van der Waals surface area contributed by atoms with Crippen LogP contribution in [0.3, 0.4) is 0 Å². The number of nitrogens with zero attached hydrogens (tertiary/aromatic N) is 4. The summed E-state index contributed by atoms with van der Waals surface area (Å²) in [5.41, 5.74) is 2.70. The minimum atomic E-state index is -0.00304. The van der Waals surface area contributed by atoms with Crippen LogP contribution in [0, 0.1) is 6.92 Å². The summed E-state index contributed by atoms with van der Waals surface area (Å²) in [6, 6.07) is 7.93. The molecule has 0 atom stereocenters. The quantitative estimate of drug-likeness (QED) is 0.779. The van der Waals surface area contributed by atoms with Crippen molar-refractivity contribution in [1.82, 2.24) is 19.6 Å². The molecule has 5 nitrogen and oxygen atoms in total. The molecule has 0 saturated carbocycles. The third-order valence-corrected chi connectivity index (χ3v) is 5.64. The highest BCUT2D eigenvalue weighted by Gasteiger charge is 2.26. The highest BCUT2D eigenvalue weighted by Crippen LogP contribution is 2.22. The molecule has 1 fully saturated rings. The van der Waals surface area contributed by atoms with Gasteiger partial charge in [-0.25, -0.2) is 0 Å². The molecule has 1 aromatic heterocycles. The van der Waals surface area contributed by atoms with Crippen molar-refractivity contribution in [2.75, 3.05) is 26.2 Å². The van der Waals surface area contributed by atoms with Crippen molar-refractivity contribution in [3.63, 3.8) is 0 Å². The molecule has 128 valence electrons. The second-order valence-corrected chi connectivity index (χ2v) is 7.30. The van der Waals surface area contributed by atoms with Crippen LogP contribution < -0.4 is 0 Å². The summed E-state index contributed by atoms with van der Waals surface area (Å²) in [6.07, 6.45) is 0. The predicted molar refractivity (Wildman–Crippen MR) is 98.3 cm³/mol. The van der Waals surface area contributed by atoms with Gasteiger partial charge in [0, 0.05) is 44.8 Å². The second-order valence-electron chi connectivity index (χ2n) is 6.07. The van der Waals surface area contributed by atoms with E-state index in [2.05, 4.69) is 25.9 Å². The topological polar surface area (TPSA) is 41.4 Å². The Hall–Kier alpha value is -1.37. The zero-order chi connectivity index (χ0) is 17.3. The number of amides is 1. The standard InChI is InChI=1S/C17H20BrClN4O/c1-12-15(18)16(20-21(12)2)17(24)23-9-7-22(8-10-23)11-13-3-5-14(19)6-4-13/h3-6H,7-11H2,1-2H3. The van der Waals surface area contributed by atoms with E-state index in [9.17, 15) is 4.79 Å². The Bertz CT molecular complexity index is 736. The molecule has 0 N–H and O–H groups in total. The summed E-state index contributed by atoms with van der Waals surface area (Å²) in [4.78, 5) is 16.9. The lowest BCUT2D eigenvalue weighted by Gasteiger charge is -2.34. The largest absolute Gasteiger partial charge is 0.335 e. The molecule has 0 unspecified atom stereocenters. The molecule has 24 heavy (non-hydrogen) atoms. The van der Waals surface area contributed by atoms with Gasteiger partial charge < -0.3 is 4.90 Å². The number of aromatic nitrogens is 2. The third kappa shape index (κ3) is 3.66. The van der Waals surface area contributed by atoms with E-state index in [0.29, 0.717) is 18.8 Å². The maximum absolute atomic E-state index is 12.7. The summed E-state index contributed by atoms with van der Waals surface area (Å²) < 4.78 is 2.52. The number of rotatable bonds is 3. The van der Waals surface area contributed by atoms with E-state index in [-0.39, 0.29) is 5.91 Å². The number of piperazine rings is 1. The zero-order valence-electron chi connectivity index (χ0n) is 13.8. The van der Waals surface area contributed by atoms with Crippen LogP contribution in [-0.4, -0.2) is 51.7 Å². The molecule has 1 saturated heterocycles. The van der Waals surface area contributed by atoms with E-state index in [1.807, 2.05) is 43.1 Å². The van der Waals surface area contributed by atoms with E-state index >= 15 is 0 Å². The molecule has 0 spiro atoms. The van der Waals surface area contributed by atoms with Gasteiger partial charge in [-0.3, -0.25) is 14.4 Å². The van der Waals surface area contributed by atoms with Gasteiger partial charge in [-0.2, -0.15) is 5.10 Å². The molecule has 1 aliphatic heterocycles. The molecule has 1 amide bonds. The predicted octanol–water partition coefficient (Wildman–Crippen LogP) is 3.10. The molecule has 1 aliphatic rings. The number of carbonyl (C=O) groups is 1. The molecular formula is C17H20BrClN4O. The van der Waals surface area contributed by atoms with E-state index in [1.54, 1.807) is 4.68 Å². The molecule has 2 aromatic rings. The minimum absolute atomic E-state index is 0.00304. The van der Waals surface area contributed by atoms with E-state index in [0.717, 1.165) is 34.8 Å². The van der Waals surface area contributed by atoms with Crippen LogP contribution >= 0.6 is 27.5 Å². The van der Waals surface area contributed by atoms with Crippen molar-refractivity contribution in [3.8, 4) is 0 Å². The Morgan fingerprint density at radius 1 is 1.21 bits per heavy atom. The summed E-state index contributed by atoms with van der Waals surface area (Å²) in [5, 5.41) is 5.09. The van der Waals surface area contributed by atoms with Gasteiger partial charge in [0.1, 0.15) is 0 Å². The summed E-state index contributed by atoms with van der Waals surface area (Å²) >= 11 is 9.40. The van der Waals surface area contributed by atoms with E-state index in [4.69, 9.17) is 11.6 Å². The van der Waals surface area contributed by atoms with Gasteiger partial charge in [0.2, 0.25) is 0 Å². The fourth-order valence-corrected chi connectivity index (χ4v) is 3.46. The molecule has 0 radical (unpaired) electrons. The first-order valence-corrected chi connectivity index (χ1v) is 9.08. The maximum Gasteiger partial charge on any atom is 0.275 e. The lowest BCUT2D eigenvalue weighted by atomic mass is 10.2. The number of carbonyl (C=O) groups excluding carboxylic acids is 1. The van der Waals surface area contributed by atoms with Crippen LogP contribution in [0.15, 0.2) is 28.7 Å². The fraction of sp³-hybridized carbons (Fsp3) is 0.412. The van der Waals surface area contributed by atoms with Gasteiger partial charge in [-0.05, 0) is 40.5 Å². The van der Waals surface area contributed by atoms with Crippen LogP contribution in [0.1, 0.15) is 21.7 Å². The summed E-state index contributed by atoms with van der Waals surface area (Å²) in [5.74, 6) is -0.00304. The van der Waals surface area contributed by atoms with Crippen molar-refractivity contribution < 1.29 is 4.79 Å². The van der Waals surface area contributed by atoms with Gasteiger partial charge in [0.05, 0.1) is 10.2 Å². The molecule has 2 heterocycles. The average molecular weight is 412 g/mol. The molecule has 3 rings (SSSR count). The Kier molecular flexibility index (Phi) is 5.27. The van der Waals surface area contributed by atoms with Crippen LogP contribution in [-0.2, 0) is 13.6 Å². The summed E-state index contributed by atoms with van der Waals surface area (Å²) in [7, 11) is 1.85. The normalized spacial score (nSPS) is 15.8. The van der Waals surface area contributed by atoms with Gasteiger partial charge in [-0.1, -0.05) is 23.7 Å². The van der Waals surface area contributed by atoms with Crippen LogP contribution in [0.5, 0.6) is 0 Å².